The van der Waals surface area contributed by atoms with Gasteiger partial charge in [0.2, 0.25) is 10.0 Å². The van der Waals surface area contributed by atoms with Crippen molar-refractivity contribution in [2.75, 3.05) is 19.8 Å². The molecule has 0 radical (unpaired) electrons. The van der Waals surface area contributed by atoms with Crippen molar-refractivity contribution < 1.29 is 23.4 Å². The molecule has 0 spiro atoms. The lowest BCUT2D eigenvalue weighted by atomic mass is 10.3. The molecule has 6 nitrogen and oxygen atoms in total. The van der Waals surface area contributed by atoms with Crippen LogP contribution >= 0.6 is 0 Å². The molecule has 0 bridgehead atoms. The third-order valence-corrected chi connectivity index (χ3v) is 4.06. The summed E-state index contributed by atoms with van der Waals surface area (Å²) < 4.78 is 31.4. The zero-order valence-electron chi connectivity index (χ0n) is 11.4. The van der Waals surface area contributed by atoms with Crippen LogP contribution in [0.2, 0.25) is 0 Å². The minimum atomic E-state index is -3.68. The largest absolute Gasteiger partial charge is 0.494 e. The molecule has 1 aromatic carbocycles. The Balaban J connectivity index is 2.62. The third-order valence-electron chi connectivity index (χ3n) is 2.62. The molecular weight excluding hydrogens is 282 g/mol. The Hall–Kier alpha value is -1.15. The van der Waals surface area contributed by atoms with Gasteiger partial charge in [-0.05, 0) is 30.7 Å². The second-order valence-electron chi connectivity index (χ2n) is 4.36. The molecule has 1 rings (SSSR count). The first-order valence-electron chi connectivity index (χ1n) is 6.51. The Kier molecular flexibility index (Phi) is 6.94. The molecule has 1 aromatic rings. The molecule has 0 aliphatic rings. The van der Waals surface area contributed by atoms with Crippen molar-refractivity contribution in [1.29, 1.82) is 0 Å². The molecule has 0 amide bonds. The average Bonchev–Trinajstić information content (AvgIpc) is 2.45. The molecule has 0 aromatic heterocycles. The molecule has 0 aliphatic carbocycles. The van der Waals surface area contributed by atoms with Crippen LogP contribution in [-0.2, 0) is 10.0 Å². The van der Waals surface area contributed by atoms with Gasteiger partial charge in [0.25, 0.3) is 0 Å². The molecular formula is C13H21NO5S. The van der Waals surface area contributed by atoms with Crippen LogP contribution in [0.3, 0.4) is 0 Å². The van der Waals surface area contributed by atoms with Crippen LogP contribution in [0, 0.1) is 0 Å². The van der Waals surface area contributed by atoms with Crippen LogP contribution in [0.4, 0.5) is 0 Å². The highest BCUT2D eigenvalue weighted by atomic mass is 32.2. The van der Waals surface area contributed by atoms with Gasteiger partial charge in [-0.25, -0.2) is 13.1 Å². The summed E-state index contributed by atoms with van der Waals surface area (Å²) >= 11 is 0. The van der Waals surface area contributed by atoms with E-state index in [1.165, 1.54) is 12.1 Å². The number of hydrogen-bond acceptors (Lipinski definition) is 5. The van der Waals surface area contributed by atoms with E-state index >= 15 is 0 Å². The lowest BCUT2D eigenvalue weighted by Gasteiger charge is -2.10. The second-order valence-corrected chi connectivity index (χ2v) is 6.13. The van der Waals surface area contributed by atoms with E-state index in [9.17, 15) is 8.42 Å². The van der Waals surface area contributed by atoms with Crippen LogP contribution < -0.4 is 9.46 Å². The molecule has 0 unspecified atom stereocenters. The molecule has 0 aliphatic heterocycles. The van der Waals surface area contributed by atoms with Crippen molar-refractivity contribution in [2.24, 2.45) is 0 Å². The van der Waals surface area contributed by atoms with Gasteiger partial charge in [0.1, 0.15) is 5.75 Å². The van der Waals surface area contributed by atoms with Gasteiger partial charge >= 0.3 is 0 Å². The van der Waals surface area contributed by atoms with Crippen molar-refractivity contribution in [3.05, 3.63) is 24.3 Å². The van der Waals surface area contributed by atoms with E-state index in [4.69, 9.17) is 14.9 Å². The van der Waals surface area contributed by atoms with Gasteiger partial charge in [0.05, 0.1) is 24.2 Å². The Morgan fingerprint density at radius 3 is 2.50 bits per heavy atom. The SMILES string of the molecule is CCCCOc1ccc(S(=O)(=O)NC[C@H](O)CO)cc1. The lowest BCUT2D eigenvalue weighted by molar-refractivity contribution is 0.0988. The maximum absolute atomic E-state index is 11.9. The zero-order chi connectivity index (χ0) is 15.0. The molecule has 0 saturated carbocycles. The number of unbranched alkanes of at least 4 members (excludes halogenated alkanes) is 1. The van der Waals surface area contributed by atoms with Gasteiger partial charge in [-0.3, -0.25) is 0 Å². The molecule has 20 heavy (non-hydrogen) atoms. The highest BCUT2D eigenvalue weighted by molar-refractivity contribution is 7.89. The molecule has 0 saturated heterocycles. The molecule has 0 fully saturated rings. The van der Waals surface area contributed by atoms with Gasteiger partial charge in [-0.1, -0.05) is 13.3 Å². The quantitative estimate of drug-likeness (QED) is 0.577. The smallest absolute Gasteiger partial charge is 0.240 e. The van der Waals surface area contributed by atoms with E-state index < -0.39 is 22.7 Å². The Bertz CT molecular complexity index is 486. The van der Waals surface area contributed by atoms with Gasteiger partial charge in [-0.15, -0.1) is 0 Å². The molecule has 0 heterocycles. The summed E-state index contributed by atoms with van der Waals surface area (Å²) in [7, 11) is -3.68. The monoisotopic (exact) mass is 303 g/mol. The molecule has 7 heteroatoms. The highest BCUT2D eigenvalue weighted by Gasteiger charge is 2.15. The minimum absolute atomic E-state index is 0.0884. The topological polar surface area (TPSA) is 95.9 Å². The number of nitrogens with one attached hydrogen (secondary N) is 1. The number of aliphatic hydroxyl groups excluding tert-OH is 2. The Labute approximate surface area is 119 Å². The minimum Gasteiger partial charge on any atom is -0.494 e. The van der Waals surface area contributed by atoms with E-state index in [-0.39, 0.29) is 11.4 Å². The van der Waals surface area contributed by atoms with Crippen molar-refractivity contribution in [3.63, 3.8) is 0 Å². The second kappa shape index (κ2) is 8.21. The average molecular weight is 303 g/mol. The number of sulfonamides is 1. The highest BCUT2D eigenvalue weighted by Crippen LogP contribution is 2.16. The lowest BCUT2D eigenvalue weighted by Crippen LogP contribution is -2.33. The normalized spacial score (nSPS) is 13.2. The van der Waals surface area contributed by atoms with Crippen LogP contribution in [0.1, 0.15) is 19.8 Å². The summed E-state index contributed by atoms with van der Waals surface area (Å²) in [5, 5.41) is 17.8. The number of aliphatic hydroxyl groups is 2. The predicted octanol–water partition coefficient (Wildman–Crippen LogP) is 0.497. The first-order valence-corrected chi connectivity index (χ1v) is 7.99. The first kappa shape index (κ1) is 16.9. The standard InChI is InChI=1S/C13H21NO5S/c1-2-3-8-19-12-4-6-13(7-5-12)20(17,18)14-9-11(16)10-15/h4-7,11,14-16H,2-3,8-10H2,1H3/t11-/m0/s1. The summed E-state index contributed by atoms with van der Waals surface area (Å²) in [5.74, 6) is 0.618. The van der Waals surface area contributed by atoms with Gasteiger partial charge in [0.15, 0.2) is 0 Å². The fourth-order valence-electron chi connectivity index (χ4n) is 1.40. The molecule has 1 atom stereocenters. The number of rotatable bonds is 9. The Morgan fingerprint density at radius 2 is 1.95 bits per heavy atom. The van der Waals surface area contributed by atoms with Crippen LogP contribution in [0.5, 0.6) is 5.75 Å². The van der Waals surface area contributed by atoms with E-state index in [2.05, 4.69) is 11.6 Å². The van der Waals surface area contributed by atoms with Gasteiger partial charge < -0.3 is 14.9 Å². The molecule has 3 N–H and O–H groups in total. The summed E-state index contributed by atoms with van der Waals surface area (Å²) in [6.45, 7) is 1.94. The van der Waals surface area contributed by atoms with E-state index in [1.807, 2.05) is 0 Å². The van der Waals surface area contributed by atoms with E-state index in [1.54, 1.807) is 12.1 Å². The third kappa shape index (κ3) is 5.46. The van der Waals surface area contributed by atoms with Gasteiger partial charge in [0, 0.05) is 6.54 Å². The van der Waals surface area contributed by atoms with Crippen molar-refractivity contribution in [1.82, 2.24) is 4.72 Å². The summed E-state index contributed by atoms with van der Waals surface area (Å²) in [6, 6.07) is 6.06. The van der Waals surface area contributed by atoms with Crippen LogP contribution in [0.25, 0.3) is 0 Å². The van der Waals surface area contributed by atoms with Crippen LogP contribution in [0.15, 0.2) is 29.2 Å². The van der Waals surface area contributed by atoms with Gasteiger partial charge in [-0.2, -0.15) is 0 Å². The first-order chi connectivity index (χ1) is 9.49. The summed E-state index contributed by atoms with van der Waals surface area (Å²) in [6.07, 6.45) is 0.867. The number of hydrogen-bond donors (Lipinski definition) is 3. The maximum atomic E-state index is 11.9. The summed E-state index contributed by atoms with van der Waals surface area (Å²) in [5.41, 5.74) is 0. The fraction of sp³-hybridized carbons (Fsp3) is 0.538. The number of benzene rings is 1. The Morgan fingerprint density at radius 1 is 1.30 bits per heavy atom. The predicted molar refractivity (Wildman–Crippen MR) is 75.1 cm³/mol. The summed E-state index contributed by atoms with van der Waals surface area (Å²) in [4.78, 5) is 0.0884. The van der Waals surface area contributed by atoms with Crippen molar-refractivity contribution in [2.45, 2.75) is 30.8 Å². The van der Waals surface area contributed by atoms with Crippen molar-refractivity contribution >= 4 is 10.0 Å². The van der Waals surface area contributed by atoms with E-state index in [0.717, 1.165) is 12.8 Å². The fourth-order valence-corrected chi connectivity index (χ4v) is 2.48. The zero-order valence-corrected chi connectivity index (χ0v) is 12.3. The number of ether oxygens (including phenoxy) is 1. The van der Waals surface area contributed by atoms with Crippen LogP contribution in [-0.4, -0.2) is 44.5 Å². The maximum Gasteiger partial charge on any atom is 0.240 e. The van der Waals surface area contributed by atoms with E-state index in [0.29, 0.717) is 12.4 Å². The van der Waals surface area contributed by atoms with Crippen molar-refractivity contribution in [3.8, 4) is 5.75 Å². The molecule has 114 valence electrons.